The van der Waals surface area contributed by atoms with Crippen LogP contribution in [0.15, 0.2) is 54.7 Å². The maximum absolute atomic E-state index is 15.2. The van der Waals surface area contributed by atoms with Crippen LogP contribution in [0, 0.1) is 5.82 Å². The summed E-state index contributed by atoms with van der Waals surface area (Å²) in [6.07, 6.45) is 4.09. The predicted molar refractivity (Wildman–Crippen MR) is 189 cm³/mol. The first-order valence-electron chi connectivity index (χ1n) is 17.2. The van der Waals surface area contributed by atoms with Gasteiger partial charge in [0.1, 0.15) is 17.7 Å². The van der Waals surface area contributed by atoms with E-state index in [1.807, 2.05) is 32.9 Å². The van der Waals surface area contributed by atoms with E-state index >= 15 is 4.39 Å². The van der Waals surface area contributed by atoms with Crippen LogP contribution in [0.2, 0.25) is 5.02 Å². The smallest absolute Gasteiger partial charge is 0.324 e. The molecule has 3 aromatic rings. The Kier molecular flexibility index (Phi) is 9.34. The number of hydrogen-bond acceptors (Lipinski definition) is 8. The fraction of sp³-hybridized carbons (Fsp3) is 0.444. The number of aromatic nitrogens is 1. The molecule has 11 nitrogen and oxygen atoms in total. The van der Waals surface area contributed by atoms with Crippen molar-refractivity contribution in [2.24, 2.45) is 0 Å². The molecule has 3 saturated heterocycles. The maximum atomic E-state index is 15.2. The van der Waals surface area contributed by atoms with E-state index in [0.29, 0.717) is 55.5 Å². The van der Waals surface area contributed by atoms with Crippen molar-refractivity contribution in [2.75, 3.05) is 79.3 Å². The molecule has 2 atom stereocenters. The quantitative estimate of drug-likeness (QED) is 0.278. The molecule has 13 heteroatoms. The molecule has 0 spiro atoms. The van der Waals surface area contributed by atoms with Crippen LogP contribution in [0.3, 0.4) is 0 Å². The Morgan fingerprint density at radius 3 is 2.63 bits per heavy atom. The molecule has 3 N–H and O–H groups in total. The van der Waals surface area contributed by atoms with Crippen molar-refractivity contribution in [3.8, 4) is 0 Å². The van der Waals surface area contributed by atoms with Gasteiger partial charge in [0.25, 0.3) is 0 Å². The van der Waals surface area contributed by atoms with Crippen LogP contribution in [-0.2, 0) is 15.0 Å². The van der Waals surface area contributed by atoms with E-state index in [4.69, 9.17) is 11.6 Å². The SMILES string of the molecule is CCC1(c2cccc(N3CCCN(CCN4CCN(c5ccc(NC6CCC(=O)NC6=O)cc5F)CC4)C3=O)c2)CNc2nccc(Cl)c21. The molecule has 258 valence electrons. The van der Waals surface area contributed by atoms with Gasteiger partial charge in [0.2, 0.25) is 11.8 Å². The summed E-state index contributed by atoms with van der Waals surface area (Å²) >= 11 is 6.71. The van der Waals surface area contributed by atoms with Crippen molar-refractivity contribution >= 4 is 52.3 Å². The summed E-state index contributed by atoms with van der Waals surface area (Å²) in [5, 5.41) is 9.50. The van der Waals surface area contributed by atoms with E-state index in [1.165, 1.54) is 6.07 Å². The molecular formula is C36H42ClFN8O3. The summed E-state index contributed by atoms with van der Waals surface area (Å²) in [6, 6.07) is 14.5. The number of hydrogen-bond donors (Lipinski definition) is 3. The van der Waals surface area contributed by atoms with Gasteiger partial charge >= 0.3 is 6.03 Å². The summed E-state index contributed by atoms with van der Waals surface area (Å²) < 4.78 is 15.2. The monoisotopic (exact) mass is 688 g/mol. The first kappa shape index (κ1) is 33.1. The second-order valence-corrected chi connectivity index (χ2v) is 13.7. The number of urea groups is 1. The lowest BCUT2D eigenvalue weighted by molar-refractivity contribution is -0.133. The van der Waals surface area contributed by atoms with Crippen molar-refractivity contribution in [3.63, 3.8) is 0 Å². The lowest BCUT2D eigenvalue weighted by Gasteiger charge is -2.39. The van der Waals surface area contributed by atoms with Crippen LogP contribution in [0.4, 0.5) is 32.1 Å². The Bertz CT molecular complexity index is 1750. The van der Waals surface area contributed by atoms with Crippen LogP contribution >= 0.6 is 11.6 Å². The average molecular weight is 689 g/mol. The van der Waals surface area contributed by atoms with Crippen molar-refractivity contribution in [1.82, 2.24) is 20.1 Å². The van der Waals surface area contributed by atoms with E-state index in [9.17, 15) is 14.4 Å². The fourth-order valence-electron chi connectivity index (χ4n) is 7.66. The molecule has 0 saturated carbocycles. The normalized spacial score (nSPS) is 23.0. The highest BCUT2D eigenvalue weighted by atomic mass is 35.5. The molecule has 3 fully saturated rings. The number of carbonyl (C=O) groups excluding carboxylic acids is 3. The number of amides is 4. The first-order chi connectivity index (χ1) is 23.8. The number of halogens is 2. The van der Waals surface area contributed by atoms with E-state index in [1.54, 1.807) is 18.3 Å². The number of nitrogens with one attached hydrogen (secondary N) is 3. The van der Waals surface area contributed by atoms with Crippen molar-refractivity contribution < 1.29 is 18.8 Å². The molecule has 4 aliphatic rings. The van der Waals surface area contributed by atoms with Gasteiger partial charge in [0, 0.05) is 98.9 Å². The average Bonchev–Trinajstić information content (AvgIpc) is 3.51. The van der Waals surface area contributed by atoms with Crippen molar-refractivity contribution in [1.29, 1.82) is 0 Å². The van der Waals surface area contributed by atoms with Gasteiger partial charge in [-0.2, -0.15) is 0 Å². The Morgan fingerprint density at radius 2 is 1.86 bits per heavy atom. The van der Waals surface area contributed by atoms with Gasteiger partial charge in [0.05, 0.1) is 5.69 Å². The molecule has 7 rings (SSSR count). The van der Waals surface area contributed by atoms with Crippen LogP contribution in [-0.4, -0.2) is 97.6 Å². The number of fused-ring (bicyclic) bond motifs is 1. The summed E-state index contributed by atoms with van der Waals surface area (Å²) in [5.74, 6) is -0.203. The minimum Gasteiger partial charge on any atom is -0.374 e. The van der Waals surface area contributed by atoms with Crippen molar-refractivity contribution in [2.45, 2.75) is 44.1 Å². The number of pyridine rings is 1. The van der Waals surface area contributed by atoms with E-state index in [-0.39, 0.29) is 35.5 Å². The summed E-state index contributed by atoms with van der Waals surface area (Å²) in [6.45, 7) is 8.48. The third-order valence-corrected chi connectivity index (χ3v) is 10.8. The minimum absolute atomic E-state index is 0.0188. The minimum atomic E-state index is -0.561. The van der Waals surface area contributed by atoms with Gasteiger partial charge in [-0.05, 0) is 61.2 Å². The highest BCUT2D eigenvalue weighted by Crippen LogP contribution is 2.47. The summed E-state index contributed by atoms with van der Waals surface area (Å²) in [7, 11) is 0. The zero-order valence-corrected chi connectivity index (χ0v) is 28.4. The molecule has 4 aliphatic heterocycles. The van der Waals surface area contributed by atoms with Gasteiger partial charge < -0.3 is 20.4 Å². The van der Waals surface area contributed by atoms with Gasteiger partial charge in [-0.15, -0.1) is 0 Å². The molecule has 2 unspecified atom stereocenters. The zero-order valence-electron chi connectivity index (χ0n) is 27.7. The Labute approximate surface area is 290 Å². The molecule has 2 aromatic carbocycles. The third kappa shape index (κ3) is 6.51. The molecule has 1 aromatic heterocycles. The highest BCUT2D eigenvalue weighted by molar-refractivity contribution is 6.32. The number of carbonyl (C=O) groups is 3. The Morgan fingerprint density at radius 1 is 1.02 bits per heavy atom. The van der Waals surface area contributed by atoms with Crippen LogP contribution in [0.5, 0.6) is 0 Å². The number of rotatable bonds is 9. The van der Waals surface area contributed by atoms with E-state index < -0.39 is 6.04 Å². The lowest BCUT2D eigenvalue weighted by Crippen LogP contribution is -2.53. The number of anilines is 4. The molecular weight excluding hydrogens is 647 g/mol. The van der Waals surface area contributed by atoms with Gasteiger partial charge in [-0.1, -0.05) is 30.7 Å². The predicted octanol–water partition coefficient (Wildman–Crippen LogP) is 4.67. The number of nitrogens with zero attached hydrogens (tertiary/aromatic N) is 5. The van der Waals surface area contributed by atoms with E-state index in [2.05, 4.69) is 44.9 Å². The van der Waals surface area contributed by atoms with Crippen LogP contribution < -0.4 is 25.8 Å². The van der Waals surface area contributed by atoms with Crippen molar-refractivity contribution in [3.05, 3.63) is 76.7 Å². The number of piperidine rings is 1. The standard InChI is InChI=1S/C36H42ClFN8O3/c1-2-36(23-40-33-32(36)27(37)11-12-39-33)24-5-3-6-26(21-24)46-14-4-13-45(35(46)49)20-17-43-15-18-44(19-16-43)30-9-7-25(22-28(30)38)41-29-8-10-31(47)42-34(29)48/h3,5-7,9,11-12,21-22,29,41H,2,4,8,10,13-20,23H2,1H3,(H,39,40)(H,42,47,48). The Hall–Kier alpha value is -4.42. The largest absolute Gasteiger partial charge is 0.374 e. The van der Waals surface area contributed by atoms with E-state index in [0.717, 1.165) is 61.7 Å². The van der Waals surface area contributed by atoms with Gasteiger partial charge in [-0.3, -0.25) is 24.7 Å². The Balaban J connectivity index is 0.940. The fourth-order valence-corrected chi connectivity index (χ4v) is 7.99. The molecule has 49 heavy (non-hydrogen) atoms. The number of imide groups is 1. The third-order valence-electron chi connectivity index (χ3n) is 10.5. The molecule has 0 bridgehead atoms. The molecule has 0 radical (unpaired) electrons. The zero-order chi connectivity index (χ0) is 34.1. The topological polar surface area (TPSA) is 113 Å². The van der Waals surface area contributed by atoms with Gasteiger partial charge in [-0.25, -0.2) is 14.2 Å². The second kappa shape index (κ2) is 13.8. The molecule has 0 aliphatic carbocycles. The van der Waals surface area contributed by atoms with Crippen LogP contribution in [0.1, 0.15) is 43.7 Å². The van der Waals surface area contributed by atoms with Crippen LogP contribution in [0.25, 0.3) is 0 Å². The summed E-state index contributed by atoms with van der Waals surface area (Å²) in [4.78, 5) is 50.0. The van der Waals surface area contributed by atoms with Gasteiger partial charge in [0.15, 0.2) is 0 Å². The number of benzene rings is 2. The number of piperazine rings is 1. The molecule has 5 heterocycles. The molecule has 4 amide bonds. The summed E-state index contributed by atoms with van der Waals surface area (Å²) in [5.41, 5.74) is 3.74. The maximum Gasteiger partial charge on any atom is 0.324 e. The lowest BCUT2D eigenvalue weighted by atomic mass is 9.74. The second-order valence-electron chi connectivity index (χ2n) is 13.3. The first-order valence-corrected chi connectivity index (χ1v) is 17.6. The highest BCUT2D eigenvalue weighted by Gasteiger charge is 2.42.